The zero-order valence-corrected chi connectivity index (χ0v) is 12.7. The molecule has 0 spiro atoms. The fourth-order valence-corrected chi connectivity index (χ4v) is 2.50. The number of rotatable bonds is 8. The lowest BCUT2D eigenvalue weighted by Crippen LogP contribution is -2.29. The highest BCUT2D eigenvalue weighted by Crippen LogP contribution is 2.12. The van der Waals surface area contributed by atoms with Gasteiger partial charge in [-0.1, -0.05) is 6.92 Å². The molecule has 110 valence electrons. The predicted molar refractivity (Wildman–Crippen MR) is 80.9 cm³/mol. The van der Waals surface area contributed by atoms with Crippen molar-refractivity contribution in [3.8, 4) is 0 Å². The smallest absolute Gasteiger partial charge is 0.103 e. The van der Waals surface area contributed by atoms with Crippen molar-refractivity contribution in [3.63, 3.8) is 0 Å². The molecule has 0 aliphatic heterocycles. The molecule has 0 radical (unpaired) electrons. The normalized spacial score (nSPS) is 12.8. The Balaban J connectivity index is 1.96. The van der Waals surface area contributed by atoms with Gasteiger partial charge < -0.3 is 9.73 Å². The number of aromatic nitrogens is 2. The third-order valence-corrected chi connectivity index (χ3v) is 3.76. The molecule has 0 amide bonds. The molecule has 2 heterocycles. The minimum absolute atomic E-state index is 0.451. The highest BCUT2D eigenvalue weighted by atomic mass is 16.3. The number of nitrogens with zero attached hydrogens (tertiary/aromatic N) is 2. The monoisotopic (exact) mass is 275 g/mol. The Morgan fingerprint density at radius 3 is 2.85 bits per heavy atom. The largest absolute Gasteiger partial charge is 0.469 e. The Morgan fingerprint density at radius 1 is 1.40 bits per heavy atom. The Bertz CT molecular complexity index is 502. The molecule has 20 heavy (non-hydrogen) atoms. The molecule has 0 saturated heterocycles. The average molecular weight is 275 g/mol. The van der Waals surface area contributed by atoms with Crippen LogP contribution in [0.15, 0.2) is 28.9 Å². The van der Waals surface area contributed by atoms with Crippen LogP contribution in [0.3, 0.4) is 0 Å². The van der Waals surface area contributed by atoms with Gasteiger partial charge in [-0.25, -0.2) is 0 Å². The summed E-state index contributed by atoms with van der Waals surface area (Å²) in [4.78, 5) is 0. The highest BCUT2D eigenvalue weighted by molar-refractivity contribution is 5.12. The average Bonchev–Trinajstić information content (AvgIpc) is 3.12. The first-order valence-electron chi connectivity index (χ1n) is 7.52. The molecule has 0 aliphatic rings. The molecule has 0 fully saturated rings. The summed E-state index contributed by atoms with van der Waals surface area (Å²) >= 11 is 0. The molecule has 0 aromatic carbocycles. The molecular formula is C16H25N3O. The molecule has 2 aromatic heterocycles. The van der Waals surface area contributed by atoms with E-state index >= 15 is 0 Å². The molecular weight excluding hydrogens is 250 g/mol. The topological polar surface area (TPSA) is 43.0 Å². The lowest BCUT2D eigenvalue weighted by molar-refractivity contribution is 0.451. The highest BCUT2D eigenvalue weighted by Gasteiger charge is 2.13. The number of hydrogen-bond acceptors (Lipinski definition) is 3. The van der Waals surface area contributed by atoms with E-state index in [-0.39, 0.29) is 0 Å². The minimum Gasteiger partial charge on any atom is -0.469 e. The standard InChI is InChI=1S/C16H25N3O/c1-4-13-11-15(19(5-2)18-13)12-14(17-3)8-9-16-7-6-10-20-16/h6-7,10-11,14,17H,4-5,8-9,12H2,1-3H3. The van der Waals surface area contributed by atoms with Crippen LogP contribution in [0.5, 0.6) is 0 Å². The van der Waals surface area contributed by atoms with Crippen LogP contribution in [0.1, 0.15) is 37.4 Å². The van der Waals surface area contributed by atoms with E-state index in [0.29, 0.717) is 6.04 Å². The number of hydrogen-bond donors (Lipinski definition) is 1. The van der Waals surface area contributed by atoms with Gasteiger partial charge in [0.25, 0.3) is 0 Å². The SMILES string of the molecule is CCc1cc(CC(CCc2ccco2)NC)n(CC)n1. The quantitative estimate of drug-likeness (QED) is 0.805. The third-order valence-electron chi connectivity index (χ3n) is 3.76. The second kappa shape index (κ2) is 7.29. The second-order valence-electron chi connectivity index (χ2n) is 5.10. The van der Waals surface area contributed by atoms with Gasteiger partial charge >= 0.3 is 0 Å². The van der Waals surface area contributed by atoms with E-state index in [1.165, 1.54) is 11.4 Å². The van der Waals surface area contributed by atoms with Crippen LogP contribution in [-0.4, -0.2) is 22.9 Å². The van der Waals surface area contributed by atoms with Crippen LogP contribution < -0.4 is 5.32 Å². The molecule has 1 atom stereocenters. The Morgan fingerprint density at radius 2 is 2.25 bits per heavy atom. The van der Waals surface area contributed by atoms with Crippen LogP contribution in [0.2, 0.25) is 0 Å². The van der Waals surface area contributed by atoms with Gasteiger partial charge in [0.05, 0.1) is 12.0 Å². The fraction of sp³-hybridized carbons (Fsp3) is 0.562. The molecule has 0 saturated carbocycles. The summed E-state index contributed by atoms with van der Waals surface area (Å²) in [5, 5.41) is 8.02. The first kappa shape index (κ1) is 14.9. The fourth-order valence-electron chi connectivity index (χ4n) is 2.50. The molecule has 2 rings (SSSR count). The summed E-state index contributed by atoms with van der Waals surface area (Å²) in [6.07, 6.45) is 5.79. The Labute approximate surface area is 121 Å². The van der Waals surface area contributed by atoms with Gasteiger partial charge in [-0.3, -0.25) is 4.68 Å². The number of nitrogens with one attached hydrogen (secondary N) is 1. The van der Waals surface area contributed by atoms with Crippen molar-refractivity contribution in [2.45, 2.75) is 52.1 Å². The van der Waals surface area contributed by atoms with E-state index < -0.39 is 0 Å². The number of furan rings is 1. The van der Waals surface area contributed by atoms with Crippen LogP contribution in [-0.2, 0) is 25.8 Å². The van der Waals surface area contributed by atoms with Crippen LogP contribution in [0.25, 0.3) is 0 Å². The van der Waals surface area contributed by atoms with Gasteiger partial charge in [-0.15, -0.1) is 0 Å². The third kappa shape index (κ3) is 3.73. The van der Waals surface area contributed by atoms with Crippen molar-refractivity contribution in [3.05, 3.63) is 41.6 Å². The van der Waals surface area contributed by atoms with Crippen molar-refractivity contribution in [2.24, 2.45) is 0 Å². The van der Waals surface area contributed by atoms with Crippen molar-refractivity contribution in [2.75, 3.05) is 7.05 Å². The maximum absolute atomic E-state index is 5.40. The predicted octanol–water partition coefficient (Wildman–Crippen LogP) is 2.82. The summed E-state index contributed by atoms with van der Waals surface area (Å²) in [5.41, 5.74) is 2.51. The molecule has 0 aliphatic carbocycles. The molecule has 1 N–H and O–H groups in total. The van der Waals surface area contributed by atoms with E-state index in [1.807, 2.05) is 19.2 Å². The van der Waals surface area contributed by atoms with Crippen LogP contribution in [0.4, 0.5) is 0 Å². The molecule has 1 unspecified atom stereocenters. The lowest BCUT2D eigenvalue weighted by atomic mass is 10.0. The number of likely N-dealkylation sites (N-methyl/N-ethyl adjacent to an activating group) is 1. The van der Waals surface area contributed by atoms with Gasteiger partial charge in [-0.2, -0.15) is 5.10 Å². The van der Waals surface area contributed by atoms with Crippen LogP contribution >= 0.6 is 0 Å². The minimum atomic E-state index is 0.451. The zero-order valence-electron chi connectivity index (χ0n) is 12.7. The van der Waals surface area contributed by atoms with E-state index in [4.69, 9.17) is 4.42 Å². The molecule has 0 bridgehead atoms. The zero-order chi connectivity index (χ0) is 14.4. The number of aryl methyl sites for hydroxylation is 3. The van der Waals surface area contributed by atoms with Gasteiger partial charge in [0, 0.05) is 31.1 Å². The summed E-state index contributed by atoms with van der Waals surface area (Å²) in [6, 6.07) is 6.68. The van der Waals surface area contributed by atoms with Crippen molar-refractivity contribution < 1.29 is 4.42 Å². The van der Waals surface area contributed by atoms with Crippen molar-refractivity contribution in [1.29, 1.82) is 0 Å². The first-order valence-corrected chi connectivity index (χ1v) is 7.52. The Hall–Kier alpha value is -1.55. The van der Waals surface area contributed by atoms with Gasteiger partial charge in [0.2, 0.25) is 0 Å². The van der Waals surface area contributed by atoms with Gasteiger partial charge in [0.15, 0.2) is 0 Å². The van der Waals surface area contributed by atoms with Crippen LogP contribution in [0, 0.1) is 0 Å². The van der Waals surface area contributed by atoms with Gasteiger partial charge in [0.1, 0.15) is 5.76 Å². The molecule has 2 aromatic rings. The lowest BCUT2D eigenvalue weighted by Gasteiger charge is -2.16. The second-order valence-corrected chi connectivity index (χ2v) is 5.10. The van der Waals surface area contributed by atoms with Gasteiger partial charge in [-0.05, 0) is 45.0 Å². The first-order chi connectivity index (χ1) is 9.76. The summed E-state index contributed by atoms with van der Waals surface area (Å²) < 4.78 is 7.52. The summed E-state index contributed by atoms with van der Waals surface area (Å²) in [5.74, 6) is 1.06. The summed E-state index contributed by atoms with van der Waals surface area (Å²) in [6.45, 7) is 5.23. The van der Waals surface area contributed by atoms with E-state index in [2.05, 4.69) is 35.0 Å². The van der Waals surface area contributed by atoms with Crippen molar-refractivity contribution in [1.82, 2.24) is 15.1 Å². The molecule has 4 heteroatoms. The van der Waals surface area contributed by atoms with E-state index in [1.54, 1.807) is 6.26 Å². The van der Waals surface area contributed by atoms with E-state index in [0.717, 1.165) is 38.0 Å². The Kier molecular flexibility index (Phi) is 5.41. The maximum Gasteiger partial charge on any atom is 0.103 e. The van der Waals surface area contributed by atoms with Crippen molar-refractivity contribution >= 4 is 0 Å². The summed E-state index contributed by atoms with van der Waals surface area (Å²) in [7, 11) is 2.03. The van der Waals surface area contributed by atoms with E-state index in [9.17, 15) is 0 Å². The molecule has 4 nitrogen and oxygen atoms in total. The maximum atomic E-state index is 5.40.